The molecule has 0 radical (unpaired) electrons. The molecule has 0 aliphatic carbocycles. The van der Waals surface area contributed by atoms with Crippen molar-refractivity contribution in [2.45, 2.75) is 38.8 Å². The largest absolute Gasteiger partial charge is 0.472 e. The Morgan fingerprint density at radius 2 is 1.88 bits per heavy atom. The van der Waals surface area contributed by atoms with Gasteiger partial charge in [0.25, 0.3) is 11.5 Å². The lowest BCUT2D eigenvalue weighted by atomic mass is 10.1. The monoisotopic (exact) mass is 464 g/mol. The second-order valence-electron chi connectivity index (χ2n) is 8.52. The van der Waals surface area contributed by atoms with E-state index in [0.29, 0.717) is 29.4 Å². The lowest BCUT2D eigenvalue weighted by Gasteiger charge is -2.23. The number of hydrogen-bond acceptors (Lipinski definition) is 5. The Hall–Kier alpha value is -3.52. The Bertz CT molecular complexity index is 1170. The fourth-order valence-corrected chi connectivity index (χ4v) is 4.06. The topological polar surface area (TPSA) is 76.5 Å². The van der Waals surface area contributed by atoms with Crippen LogP contribution in [0, 0.1) is 5.82 Å². The molecule has 178 valence electrons. The van der Waals surface area contributed by atoms with E-state index < -0.39 is 0 Å². The van der Waals surface area contributed by atoms with E-state index in [1.54, 1.807) is 36.4 Å². The first-order chi connectivity index (χ1) is 16.5. The molecule has 1 saturated heterocycles. The first-order valence-corrected chi connectivity index (χ1v) is 11.6. The van der Waals surface area contributed by atoms with Gasteiger partial charge in [-0.15, -0.1) is 5.10 Å². The predicted octanol–water partition coefficient (Wildman–Crippen LogP) is 3.55. The van der Waals surface area contributed by atoms with Crippen molar-refractivity contribution >= 4 is 5.91 Å². The van der Waals surface area contributed by atoms with Crippen molar-refractivity contribution in [1.29, 1.82) is 0 Å². The summed E-state index contributed by atoms with van der Waals surface area (Å²) in [7, 11) is 0. The minimum Gasteiger partial charge on any atom is -0.472 e. The van der Waals surface area contributed by atoms with Crippen LogP contribution in [0.3, 0.4) is 0 Å². The highest BCUT2D eigenvalue weighted by molar-refractivity contribution is 5.94. The lowest BCUT2D eigenvalue weighted by molar-refractivity contribution is 0.0949. The quantitative estimate of drug-likeness (QED) is 0.524. The first-order valence-electron chi connectivity index (χ1n) is 11.6. The number of rotatable bonds is 9. The smallest absolute Gasteiger partial charge is 0.271 e. The van der Waals surface area contributed by atoms with Gasteiger partial charge < -0.3 is 15.0 Å². The average Bonchev–Trinajstić information content (AvgIpc) is 3.39. The van der Waals surface area contributed by atoms with Gasteiger partial charge in [0.15, 0.2) is 0 Å². The second-order valence-corrected chi connectivity index (χ2v) is 8.52. The van der Waals surface area contributed by atoms with Crippen LogP contribution in [0.2, 0.25) is 0 Å². The van der Waals surface area contributed by atoms with Gasteiger partial charge in [0, 0.05) is 30.3 Å². The number of aromatic nitrogens is 2. The van der Waals surface area contributed by atoms with Crippen LogP contribution in [0.15, 0.2) is 65.5 Å². The van der Waals surface area contributed by atoms with Crippen molar-refractivity contribution < 1.29 is 13.9 Å². The number of nitrogens with zero attached hydrogens (tertiary/aromatic N) is 3. The molecule has 0 saturated carbocycles. The number of amides is 1. The minimum atomic E-state index is -0.343. The number of carbonyl (C=O) groups excluding carboxylic acids is 1. The van der Waals surface area contributed by atoms with Crippen LogP contribution in [-0.4, -0.2) is 46.3 Å². The molecule has 1 aliphatic rings. The summed E-state index contributed by atoms with van der Waals surface area (Å²) in [6.07, 6.45) is 3.41. The summed E-state index contributed by atoms with van der Waals surface area (Å²) in [6.45, 7) is 5.22. The molecule has 7 nitrogen and oxygen atoms in total. The van der Waals surface area contributed by atoms with Gasteiger partial charge in [-0.05, 0) is 81.2 Å². The normalized spacial score (nSPS) is 14.6. The molecule has 1 fully saturated rings. The third-order valence-corrected chi connectivity index (χ3v) is 6.04. The van der Waals surface area contributed by atoms with Gasteiger partial charge >= 0.3 is 0 Å². The average molecular weight is 465 g/mol. The molecule has 1 N–H and O–H groups in total. The number of halogens is 1. The van der Waals surface area contributed by atoms with Crippen molar-refractivity contribution in [2.24, 2.45) is 0 Å². The van der Waals surface area contributed by atoms with Crippen LogP contribution in [-0.2, 0) is 6.61 Å². The van der Waals surface area contributed by atoms with Crippen molar-refractivity contribution in [3.8, 4) is 11.6 Å². The molecule has 0 spiro atoms. The van der Waals surface area contributed by atoms with Crippen molar-refractivity contribution in [3.05, 3.63) is 88.0 Å². The molecule has 1 atom stereocenters. The first kappa shape index (κ1) is 23.6. The van der Waals surface area contributed by atoms with Crippen molar-refractivity contribution in [3.63, 3.8) is 0 Å². The highest BCUT2D eigenvalue weighted by atomic mass is 19.1. The Labute approximate surface area is 198 Å². The molecule has 1 aromatic heterocycles. The van der Waals surface area contributed by atoms with Crippen LogP contribution in [0.5, 0.6) is 5.88 Å². The number of carbonyl (C=O) groups is 1. The fourth-order valence-electron chi connectivity index (χ4n) is 4.06. The van der Waals surface area contributed by atoms with Gasteiger partial charge in [-0.25, -0.2) is 4.39 Å². The third kappa shape index (κ3) is 6.08. The van der Waals surface area contributed by atoms with Gasteiger partial charge in [-0.1, -0.05) is 12.1 Å². The zero-order valence-corrected chi connectivity index (χ0v) is 19.2. The number of likely N-dealkylation sites (tertiary alicyclic amines) is 1. The van der Waals surface area contributed by atoms with E-state index >= 15 is 0 Å². The Kier molecular flexibility index (Phi) is 7.69. The lowest BCUT2D eigenvalue weighted by Crippen LogP contribution is -2.34. The molecule has 1 amide bonds. The van der Waals surface area contributed by atoms with E-state index in [1.165, 1.54) is 41.8 Å². The Morgan fingerprint density at radius 1 is 1.12 bits per heavy atom. The van der Waals surface area contributed by atoms with Crippen LogP contribution in [0.25, 0.3) is 5.69 Å². The van der Waals surface area contributed by atoms with Crippen LogP contribution < -0.4 is 15.6 Å². The molecular formula is C26H29FN4O3. The highest BCUT2D eigenvalue weighted by Gasteiger charge is 2.18. The zero-order valence-electron chi connectivity index (χ0n) is 19.2. The predicted molar refractivity (Wildman–Crippen MR) is 128 cm³/mol. The molecule has 0 bridgehead atoms. The summed E-state index contributed by atoms with van der Waals surface area (Å²) in [5.41, 5.74) is 1.36. The number of ether oxygens (including phenoxy) is 1. The van der Waals surface area contributed by atoms with E-state index in [-0.39, 0.29) is 29.8 Å². The van der Waals surface area contributed by atoms with Gasteiger partial charge in [0.05, 0.1) is 5.69 Å². The molecule has 3 aromatic rings. The molecular weight excluding hydrogens is 435 g/mol. The summed E-state index contributed by atoms with van der Waals surface area (Å²) in [4.78, 5) is 27.3. The maximum absolute atomic E-state index is 13.3. The highest BCUT2D eigenvalue weighted by Crippen LogP contribution is 2.14. The van der Waals surface area contributed by atoms with Gasteiger partial charge in [-0.2, -0.15) is 4.68 Å². The molecule has 4 rings (SSSR count). The van der Waals surface area contributed by atoms with E-state index in [9.17, 15) is 14.0 Å². The maximum atomic E-state index is 13.3. The van der Waals surface area contributed by atoms with E-state index in [4.69, 9.17) is 4.74 Å². The van der Waals surface area contributed by atoms with E-state index in [0.717, 1.165) is 19.5 Å². The summed E-state index contributed by atoms with van der Waals surface area (Å²) in [5.74, 6) is -0.255. The molecule has 34 heavy (non-hydrogen) atoms. The fraction of sp³-hybridized carbons (Fsp3) is 0.346. The number of hydrogen-bond donors (Lipinski definition) is 1. The Balaban J connectivity index is 1.35. The summed E-state index contributed by atoms with van der Waals surface area (Å²) >= 11 is 0. The number of benzene rings is 2. The van der Waals surface area contributed by atoms with Gasteiger partial charge in [0.1, 0.15) is 12.4 Å². The standard InChI is InChI=1S/C26H29FN4O3/c1-19(30-15-2-3-16-30)13-14-28-26(33)21-7-9-23(10-8-21)31-25(32)12-11-24(29-31)34-18-20-5-4-6-22(27)17-20/h4-12,17,19H,2-3,13-16,18H2,1H3,(H,28,33)/t19-/m1/s1. The molecule has 0 unspecified atom stereocenters. The van der Waals surface area contributed by atoms with E-state index in [1.807, 2.05) is 0 Å². The summed E-state index contributed by atoms with van der Waals surface area (Å²) in [6, 6.07) is 16.1. The van der Waals surface area contributed by atoms with E-state index in [2.05, 4.69) is 22.2 Å². The molecule has 2 heterocycles. The number of nitrogens with one attached hydrogen (secondary N) is 1. The van der Waals surface area contributed by atoms with Crippen molar-refractivity contribution in [2.75, 3.05) is 19.6 Å². The second kappa shape index (κ2) is 11.1. The maximum Gasteiger partial charge on any atom is 0.271 e. The molecule has 8 heteroatoms. The minimum absolute atomic E-state index is 0.123. The van der Waals surface area contributed by atoms with Crippen LogP contribution in [0.1, 0.15) is 42.1 Å². The Morgan fingerprint density at radius 3 is 2.62 bits per heavy atom. The molecule has 1 aliphatic heterocycles. The SMILES string of the molecule is C[C@H](CCNC(=O)c1ccc(-n2nc(OCc3cccc(F)c3)ccc2=O)cc1)N1CCCC1. The third-order valence-electron chi connectivity index (χ3n) is 6.04. The summed E-state index contributed by atoms with van der Waals surface area (Å²) in [5, 5.41) is 7.22. The van der Waals surface area contributed by atoms with Crippen LogP contribution in [0.4, 0.5) is 4.39 Å². The van der Waals surface area contributed by atoms with Crippen LogP contribution >= 0.6 is 0 Å². The van der Waals surface area contributed by atoms with Gasteiger partial charge in [0.2, 0.25) is 5.88 Å². The van der Waals surface area contributed by atoms with Crippen molar-refractivity contribution in [1.82, 2.24) is 20.0 Å². The van der Waals surface area contributed by atoms with Gasteiger partial charge in [-0.3, -0.25) is 9.59 Å². The zero-order chi connectivity index (χ0) is 23.9. The summed E-state index contributed by atoms with van der Waals surface area (Å²) < 4.78 is 20.2. The molecule has 2 aromatic carbocycles.